The molecular formula is C13H21NO. The van der Waals surface area contributed by atoms with Gasteiger partial charge in [-0.3, -0.25) is 0 Å². The molecule has 1 N–H and O–H groups in total. The van der Waals surface area contributed by atoms with Crippen LogP contribution in [0.5, 0.6) is 0 Å². The molecule has 0 aliphatic heterocycles. The van der Waals surface area contributed by atoms with Gasteiger partial charge < -0.3 is 10.1 Å². The highest BCUT2D eigenvalue weighted by Gasteiger charge is 2.08. The fraction of sp³-hybridized carbons (Fsp3) is 0.538. The van der Waals surface area contributed by atoms with Gasteiger partial charge >= 0.3 is 0 Å². The van der Waals surface area contributed by atoms with Gasteiger partial charge in [0.2, 0.25) is 0 Å². The van der Waals surface area contributed by atoms with E-state index in [9.17, 15) is 0 Å². The smallest absolute Gasteiger partial charge is 0.0616 e. The minimum Gasteiger partial charge on any atom is -0.380 e. The topological polar surface area (TPSA) is 21.3 Å². The summed E-state index contributed by atoms with van der Waals surface area (Å²) in [5.41, 5.74) is 1.32. The third-order valence-electron chi connectivity index (χ3n) is 2.41. The lowest BCUT2D eigenvalue weighted by molar-refractivity contribution is 0.124. The summed E-state index contributed by atoms with van der Waals surface area (Å²) in [6.07, 6.45) is 0. The highest BCUT2D eigenvalue weighted by Crippen LogP contribution is 2.11. The monoisotopic (exact) mass is 207 g/mol. The van der Waals surface area contributed by atoms with Gasteiger partial charge in [0.15, 0.2) is 0 Å². The van der Waals surface area contributed by atoms with Gasteiger partial charge in [0.25, 0.3) is 0 Å². The van der Waals surface area contributed by atoms with Crippen LogP contribution < -0.4 is 5.32 Å². The number of ether oxygens (including phenoxy) is 1. The van der Waals surface area contributed by atoms with Crippen molar-refractivity contribution in [3.63, 3.8) is 0 Å². The van der Waals surface area contributed by atoms with Crippen LogP contribution in [0.4, 0.5) is 0 Å². The summed E-state index contributed by atoms with van der Waals surface area (Å²) < 4.78 is 5.37. The summed E-state index contributed by atoms with van der Waals surface area (Å²) in [6, 6.07) is 11.2. The first-order valence-electron chi connectivity index (χ1n) is 5.62. The molecule has 0 radical (unpaired) electrons. The second-order valence-corrected chi connectivity index (χ2v) is 3.86. The molecular weight excluding hydrogens is 186 g/mol. The van der Waals surface area contributed by atoms with Gasteiger partial charge in [-0.05, 0) is 26.3 Å². The Morgan fingerprint density at radius 1 is 1.20 bits per heavy atom. The predicted molar refractivity (Wildman–Crippen MR) is 63.9 cm³/mol. The van der Waals surface area contributed by atoms with Crippen LogP contribution in [-0.4, -0.2) is 19.3 Å². The summed E-state index contributed by atoms with van der Waals surface area (Å²) in [5, 5.41) is 3.51. The quantitative estimate of drug-likeness (QED) is 0.774. The third kappa shape index (κ3) is 4.45. The van der Waals surface area contributed by atoms with Crippen LogP contribution in [-0.2, 0) is 4.74 Å². The molecule has 1 rings (SSSR count). The molecule has 0 spiro atoms. The van der Waals surface area contributed by atoms with Crippen LogP contribution in [0, 0.1) is 0 Å². The van der Waals surface area contributed by atoms with E-state index in [0.29, 0.717) is 12.1 Å². The van der Waals surface area contributed by atoms with Crippen LogP contribution in [0.2, 0.25) is 0 Å². The molecule has 0 amide bonds. The van der Waals surface area contributed by atoms with Gasteiger partial charge in [-0.25, -0.2) is 0 Å². The molecule has 0 bridgehead atoms. The Morgan fingerprint density at radius 2 is 1.87 bits per heavy atom. The van der Waals surface area contributed by atoms with Crippen molar-refractivity contribution in [2.24, 2.45) is 0 Å². The average molecular weight is 207 g/mol. The standard InChI is InChI=1S/C13H21NO/c1-4-15-10-11(2)14-12(3)13-8-6-5-7-9-13/h5-9,11-12,14H,4,10H2,1-3H3/t11?,12-/m1/s1. The zero-order chi connectivity index (χ0) is 11.1. The molecule has 0 aliphatic carbocycles. The van der Waals surface area contributed by atoms with Crippen molar-refractivity contribution in [2.45, 2.75) is 32.9 Å². The highest BCUT2D eigenvalue weighted by molar-refractivity contribution is 5.18. The lowest BCUT2D eigenvalue weighted by atomic mass is 10.1. The Bertz CT molecular complexity index is 260. The summed E-state index contributed by atoms with van der Waals surface area (Å²) >= 11 is 0. The molecule has 84 valence electrons. The van der Waals surface area contributed by atoms with Gasteiger partial charge in [0.05, 0.1) is 6.61 Å². The molecule has 0 fully saturated rings. The van der Waals surface area contributed by atoms with Crippen molar-refractivity contribution >= 4 is 0 Å². The lowest BCUT2D eigenvalue weighted by Crippen LogP contribution is -2.32. The highest BCUT2D eigenvalue weighted by atomic mass is 16.5. The number of rotatable bonds is 6. The van der Waals surface area contributed by atoms with E-state index >= 15 is 0 Å². The largest absolute Gasteiger partial charge is 0.380 e. The Morgan fingerprint density at radius 3 is 2.47 bits per heavy atom. The molecule has 0 aliphatic rings. The molecule has 0 saturated heterocycles. The first kappa shape index (κ1) is 12.2. The van der Waals surface area contributed by atoms with E-state index < -0.39 is 0 Å². The molecule has 2 atom stereocenters. The van der Waals surface area contributed by atoms with Crippen molar-refractivity contribution < 1.29 is 4.74 Å². The summed E-state index contributed by atoms with van der Waals surface area (Å²) in [4.78, 5) is 0. The van der Waals surface area contributed by atoms with Gasteiger partial charge in [0.1, 0.15) is 0 Å². The number of benzene rings is 1. The maximum absolute atomic E-state index is 5.37. The van der Waals surface area contributed by atoms with Crippen molar-refractivity contribution in [3.05, 3.63) is 35.9 Å². The van der Waals surface area contributed by atoms with Crippen LogP contribution in [0.25, 0.3) is 0 Å². The third-order valence-corrected chi connectivity index (χ3v) is 2.41. The molecule has 1 aromatic rings. The minimum atomic E-state index is 0.377. The first-order valence-corrected chi connectivity index (χ1v) is 5.62. The fourth-order valence-electron chi connectivity index (χ4n) is 1.61. The molecule has 2 heteroatoms. The van der Waals surface area contributed by atoms with Crippen molar-refractivity contribution in [3.8, 4) is 0 Å². The maximum Gasteiger partial charge on any atom is 0.0616 e. The summed E-state index contributed by atoms with van der Waals surface area (Å²) in [7, 11) is 0. The molecule has 1 aromatic carbocycles. The van der Waals surface area contributed by atoms with E-state index in [1.54, 1.807) is 0 Å². The summed E-state index contributed by atoms with van der Waals surface area (Å²) in [5.74, 6) is 0. The zero-order valence-electron chi connectivity index (χ0n) is 9.86. The second-order valence-electron chi connectivity index (χ2n) is 3.86. The van der Waals surface area contributed by atoms with Crippen molar-refractivity contribution in [1.82, 2.24) is 5.32 Å². The Kier molecular flexibility index (Phi) is 5.37. The van der Waals surface area contributed by atoms with Gasteiger partial charge in [0, 0.05) is 18.7 Å². The molecule has 1 unspecified atom stereocenters. The molecule has 0 aromatic heterocycles. The van der Waals surface area contributed by atoms with Crippen molar-refractivity contribution in [1.29, 1.82) is 0 Å². The normalized spacial score (nSPS) is 14.9. The number of hydrogen-bond acceptors (Lipinski definition) is 2. The second kappa shape index (κ2) is 6.59. The van der Waals surface area contributed by atoms with Crippen LogP contribution in [0.15, 0.2) is 30.3 Å². The number of nitrogens with one attached hydrogen (secondary N) is 1. The van der Waals surface area contributed by atoms with Crippen LogP contribution in [0.3, 0.4) is 0 Å². The minimum absolute atomic E-state index is 0.377. The lowest BCUT2D eigenvalue weighted by Gasteiger charge is -2.20. The van der Waals surface area contributed by atoms with E-state index in [1.807, 2.05) is 13.0 Å². The van der Waals surface area contributed by atoms with E-state index in [1.165, 1.54) is 5.56 Å². The average Bonchev–Trinajstić information content (AvgIpc) is 2.27. The molecule has 0 heterocycles. The van der Waals surface area contributed by atoms with Crippen LogP contribution >= 0.6 is 0 Å². The SMILES string of the molecule is CCOCC(C)N[C@H](C)c1ccccc1. The van der Waals surface area contributed by atoms with Crippen molar-refractivity contribution in [2.75, 3.05) is 13.2 Å². The number of hydrogen-bond donors (Lipinski definition) is 1. The van der Waals surface area contributed by atoms with Gasteiger partial charge in [-0.1, -0.05) is 30.3 Å². The summed E-state index contributed by atoms with van der Waals surface area (Å²) in [6.45, 7) is 7.90. The van der Waals surface area contributed by atoms with E-state index in [-0.39, 0.29) is 0 Å². The van der Waals surface area contributed by atoms with E-state index in [4.69, 9.17) is 4.74 Å². The predicted octanol–water partition coefficient (Wildman–Crippen LogP) is 2.76. The Balaban J connectivity index is 2.38. The van der Waals surface area contributed by atoms with Crippen LogP contribution in [0.1, 0.15) is 32.4 Å². The van der Waals surface area contributed by atoms with E-state index in [2.05, 4.69) is 43.4 Å². The molecule has 15 heavy (non-hydrogen) atoms. The zero-order valence-corrected chi connectivity index (χ0v) is 9.86. The molecule has 2 nitrogen and oxygen atoms in total. The Labute approximate surface area is 92.6 Å². The van der Waals surface area contributed by atoms with E-state index in [0.717, 1.165) is 13.2 Å². The first-order chi connectivity index (χ1) is 7.24. The van der Waals surface area contributed by atoms with Gasteiger partial charge in [-0.2, -0.15) is 0 Å². The molecule has 0 saturated carbocycles. The fourth-order valence-corrected chi connectivity index (χ4v) is 1.61. The van der Waals surface area contributed by atoms with Gasteiger partial charge in [-0.15, -0.1) is 0 Å². The maximum atomic E-state index is 5.37. The Hall–Kier alpha value is -0.860.